The zero-order valence-corrected chi connectivity index (χ0v) is 11.2. The van der Waals surface area contributed by atoms with Crippen LogP contribution in [-0.4, -0.2) is 9.38 Å². The van der Waals surface area contributed by atoms with E-state index in [4.69, 9.17) is 4.98 Å². The molecule has 1 unspecified atom stereocenters. The van der Waals surface area contributed by atoms with Gasteiger partial charge in [-0.3, -0.25) is 0 Å². The fourth-order valence-corrected chi connectivity index (χ4v) is 2.90. The van der Waals surface area contributed by atoms with Crippen LogP contribution in [-0.2, 0) is 6.42 Å². The average Bonchev–Trinajstić information content (AvgIpc) is 2.59. The van der Waals surface area contributed by atoms with E-state index in [-0.39, 0.29) is 0 Å². The van der Waals surface area contributed by atoms with Crippen LogP contribution in [0.2, 0.25) is 0 Å². The Bertz CT molecular complexity index is 557. The smallest absolute Gasteiger partial charge is 0.137 e. The van der Waals surface area contributed by atoms with Crippen molar-refractivity contribution >= 4 is 21.6 Å². The minimum absolute atomic E-state index is 0.614. The van der Waals surface area contributed by atoms with E-state index >= 15 is 0 Å². The zero-order chi connectivity index (χ0) is 11.3. The SMILES string of the molecule is Cc1cc2nc3c(n2cc1Br)CCCC3C. The van der Waals surface area contributed by atoms with Gasteiger partial charge in [0.05, 0.1) is 5.69 Å². The molecule has 0 amide bonds. The lowest BCUT2D eigenvalue weighted by Crippen LogP contribution is -2.07. The standard InChI is InChI=1S/C13H15BrN2/c1-8-4-3-5-11-13(8)15-12-6-9(2)10(14)7-16(11)12/h6-8H,3-5H2,1-2H3. The summed E-state index contributed by atoms with van der Waals surface area (Å²) in [5, 5.41) is 0. The normalized spacial score (nSPS) is 20.1. The van der Waals surface area contributed by atoms with E-state index in [2.05, 4.69) is 46.4 Å². The van der Waals surface area contributed by atoms with Gasteiger partial charge in [-0.25, -0.2) is 4.98 Å². The molecule has 2 aromatic rings. The fourth-order valence-electron chi connectivity index (χ4n) is 2.58. The monoisotopic (exact) mass is 278 g/mol. The molecule has 84 valence electrons. The predicted octanol–water partition coefficient (Wildman–Crippen LogP) is 3.85. The Kier molecular flexibility index (Phi) is 2.32. The Morgan fingerprint density at radius 3 is 3.12 bits per heavy atom. The quantitative estimate of drug-likeness (QED) is 0.716. The summed E-state index contributed by atoms with van der Waals surface area (Å²) < 4.78 is 3.42. The highest BCUT2D eigenvalue weighted by Crippen LogP contribution is 2.32. The van der Waals surface area contributed by atoms with Gasteiger partial charge in [0.2, 0.25) is 0 Å². The molecular weight excluding hydrogens is 264 g/mol. The molecule has 3 heteroatoms. The van der Waals surface area contributed by atoms with Crippen LogP contribution in [0, 0.1) is 6.92 Å². The second kappa shape index (κ2) is 3.59. The molecule has 2 heterocycles. The van der Waals surface area contributed by atoms with Gasteiger partial charge in [-0.1, -0.05) is 6.92 Å². The van der Waals surface area contributed by atoms with Gasteiger partial charge in [0.25, 0.3) is 0 Å². The molecule has 3 rings (SSSR count). The molecule has 1 aliphatic carbocycles. The van der Waals surface area contributed by atoms with E-state index in [0.29, 0.717) is 5.92 Å². The van der Waals surface area contributed by atoms with Crippen LogP contribution in [0.4, 0.5) is 0 Å². The molecular formula is C13H15BrN2. The summed E-state index contributed by atoms with van der Waals surface area (Å²) >= 11 is 3.60. The van der Waals surface area contributed by atoms with Crippen LogP contribution in [0.3, 0.4) is 0 Å². The molecule has 0 radical (unpaired) electrons. The second-order valence-electron chi connectivity index (χ2n) is 4.77. The van der Waals surface area contributed by atoms with Gasteiger partial charge < -0.3 is 4.40 Å². The van der Waals surface area contributed by atoms with Crippen molar-refractivity contribution in [3.05, 3.63) is 33.7 Å². The van der Waals surface area contributed by atoms with Crippen LogP contribution in [0.5, 0.6) is 0 Å². The number of fused-ring (bicyclic) bond motifs is 3. The van der Waals surface area contributed by atoms with Crippen LogP contribution in [0.1, 0.15) is 42.6 Å². The van der Waals surface area contributed by atoms with E-state index < -0.39 is 0 Å². The molecule has 16 heavy (non-hydrogen) atoms. The first kappa shape index (κ1) is 10.3. The van der Waals surface area contributed by atoms with E-state index in [1.807, 2.05) is 0 Å². The van der Waals surface area contributed by atoms with Gasteiger partial charge in [0, 0.05) is 22.3 Å². The summed E-state index contributed by atoms with van der Waals surface area (Å²) in [5.74, 6) is 0.614. The number of hydrogen-bond acceptors (Lipinski definition) is 1. The number of pyridine rings is 1. The predicted molar refractivity (Wildman–Crippen MR) is 69.0 cm³/mol. The molecule has 1 atom stereocenters. The lowest BCUT2D eigenvalue weighted by molar-refractivity contribution is 0.570. The average molecular weight is 279 g/mol. The Morgan fingerprint density at radius 2 is 2.31 bits per heavy atom. The maximum Gasteiger partial charge on any atom is 0.137 e. The van der Waals surface area contributed by atoms with Crippen molar-refractivity contribution in [1.29, 1.82) is 0 Å². The molecule has 0 N–H and O–H groups in total. The number of nitrogens with zero attached hydrogens (tertiary/aromatic N) is 2. The van der Waals surface area contributed by atoms with Gasteiger partial charge in [-0.15, -0.1) is 0 Å². The minimum atomic E-state index is 0.614. The number of rotatable bonds is 0. The first-order valence-corrected chi connectivity index (χ1v) is 6.63. The first-order valence-electron chi connectivity index (χ1n) is 5.84. The molecule has 0 saturated heterocycles. The van der Waals surface area contributed by atoms with Gasteiger partial charge in [0.1, 0.15) is 5.65 Å². The first-order chi connectivity index (χ1) is 7.66. The Morgan fingerprint density at radius 1 is 1.50 bits per heavy atom. The second-order valence-corrected chi connectivity index (χ2v) is 5.62. The van der Waals surface area contributed by atoms with Crippen molar-refractivity contribution in [1.82, 2.24) is 9.38 Å². The third-order valence-corrected chi connectivity index (χ3v) is 4.38. The summed E-state index contributed by atoms with van der Waals surface area (Å²) in [4.78, 5) is 4.78. The van der Waals surface area contributed by atoms with E-state index in [9.17, 15) is 0 Å². The number of hydrogen-bond donors (Lipinski definition) is 0. The lowest BCUT2D eigenvalue weighted by atomic mass is 9.91. The molecule has 2 nitrogen and oxygen atoms in total. The molecule has 0 fully saturated rings. The highest BCUT2D eigenvalue weighted by molar-refractivity contribution is 9.10. The summed E-state index contributed by atoms with van der Waals surface area (Å²) in [6.45, 7) is 4.40. The van der Waals surface area contributed by atoms with Crippen molar-refractivity contribution in [2.24, 2.45) is 0 Å². The van der Waals surface area contributed by atoms with Crippen molar-refractivity contribution < 1.29 is 0 Å². The van der Waals surface area contributed by atoms with Gasteiger partial charge in [0.15, 0.2) is 0 Å². The summed E-state index contributed by atoms with van der Waals surface area (Å²) in [6, 6.07) is 2.16. The Hall–Kier alpha value is -0.830. The van der Waals surface area contributed by atoms with Crippen LogP contribution < -0.4 is 0 Å². The van der Waals surface area contributed by atoms with Crippen LogP contribution in [0.15, 0.2) is 16.7 Å². The van der Waals surface area contributed by atoms with E-state index in [1.165, 1.54) is 34.3 Å². The van der Waals surface area contributed by atoms with Crippen molar-refractivity contribution in [3.63, 3.8) is 0 Å². The topological polar surface area (TPSA) is 17.3 Å². The third kappa shape index (κ3) is 1.41. The van der Waals surface area contributed by atoms with Crippen LogP contribution in [0.25, 0.3) is 5.65 Å². The molecule has 0 spiro atoms. The Labute approximate surface area is 104 Å². The molecule has 1 aliphatic rings. The van der Waals surface area contributed by atoms with Gasteiger partial charge in [-0.2, -0.15) is 0 Å². The van der Waals surface area contributed by atoms with Crippen LogP contribution >= 0.6 is 15.9 Å². The number of aromatic nitrogens is 2. The van der Waals surface area contributed by atoms with E-state index in [0.717, 1.165) is 12.1 Å². The molecule has 2 aromatic heterocycles. The molecule has 0 saturated carbocycles. The van der Waals surface area contributed by atoms with Crippen molar-refractivity contribution in [3.8, 4) is 0 Å². The maximum atomic E-state index is 4.78. The van der Waals surface area contributed by atoms with E-state index in [1.54, 1.807) is 0 Å². The number of halogens is 1. The van der Waals surface area contributed by atoms with Gasteiger partial charge in [-0.05, 0) is 53.7 Å². The number of aryl methyl sites for hydroxylation is 2. The molecule has 0 aromatic carbocycles. The summed E-state index contributed by atoms with van der Waals surface area (Å²) in [5.41, 5.74) is 5.07. The summed E-state index contributed by atoms with van der Waals surface area (Å²) in [7, 11) is 0. The molecule has 0 aliphatic heterocycles. The van der Waals surface area contributed by atoms with Crippen molar-refractivity contribution in [2.75, 3.05) is 0 Å². The highest BCUT2D eigenvalue weighted by atomic mass is 79.9. The minimum Gasteiger partial charge on any atom is -0.303 e. The lowest BCUT2D eigenvalue weighted by Gasteiger charge is -2.17. The fraction of sp³-hybridized carbons (Fsp3) is 0.462. The van der Waals surface area contributed by atoms with Gasteiger partial charge >= 0.3 is 0 Å². The molecule has 0 bridgehead atoms. The highest BCUT2D eigenvalue weighted by Gasteiger charge is 2.22. The Balaban J connectivity index is 2.32. The zero-order valence-electron chi connectivity index (χ0n) is 9.63. The largest absolute Gasteiger partial charge is 0.303 e. The third-order valence-electron chi connectivity index (χ3n) is 3.55. The number of imidazole rings is 1. The summed E-state index contributed by atoms with van der Waals surface area (Å²) in [6.07, 6.45) is 5.88. The van der Waals surface area contributed by atoms with Crippen molar-refractivity contribution in [2.45, 2.75) is 39.0 Å². The maximum absolute atomic E-state index is 4.78.